The molecule has 1 heterocycles. The summed E-state index contributed by atoms with van der Waals surface area (Å²) in [6, 6.07) is 5.78. The largest absolute Gasteiger partial charge is 0.493 e. The van der Waals surface area contributed by atoms with E-state index in [1.54, 1.807) is 0 Å². The molecule has 4 heteroatoms. The third-order valence-corrected chi connectivity index (χ3v) is 4.77. The number of halogens is 1. The Balaban J connectivity index is 2.32. The van der Waals surface area contributed by atoms with Crippen LogP contribution in [-0.2, 0) is 4.74 Å². The maximum atomic E-state index is 10.8. The monoisotopic (exact) mass is 342 g/mol. The van der Waals surface area contributed by atoms with Crippen molar-refractivity contribution in [3.63, 3.8) is 0 Å². The quantitative estimate of drug-likeness (QED) is 0.900. The number of rotatable bonds is 4. The number of hydrogen-bond acceptors (Lipinski definition) is 3. The maximum Gasteiger partial charge on any atom is 0.125 e. The first-order chi connectivity index (χ1) is 9.45. The Morgan fingerprint density at radius 2 is 2.00 bits per heavy atom. The molecule has 1 fully saturated rings. The van der Waals surface area contributed by atoms with Gasteiger partial charge in [-0.15, -0.1) is 0 Å². The lowest BCUT2D eigenvalue weighted by Gasteiger charge is -2.26. The fourth-order valence-corrected chi connectivity index (χ4v) is 3.46. The minimum atomic E-state index is -0.580. The van der Waals surface area contributed by atoms with Gasteiger partial charge in [-0.05, 0) is 44.9 Å². The van der Waals surface area contributed by atoms with Gasteiger partial charge in [0.05, 0.1) is 24.9 Å². The molecule has 1 saturated heterocycles. The molecular weight excluding hydrogens is 320 g/mol. The third kappa shape index (κ3) is 3.02. The molecule has 1 aliphatic heterocycles. The second kappa shape index (κ2) is 6.46. The van der Waals surface area contributed by atoms with Crippen molar-refractivity contribution in [3.05, 3.63) is 28.2 Å². The van der Waals surface area contributed by atoms with Crippen LogP contribution < -0.4 is 4.74 Å². The Labute approximate surface area is 129 Å². The molecule has 5 unspecified atom stereocenters. The molecule has 0 amide bonds. The van der Waals surface area contributed by atoms with Gasteiger partial charge in [0.2, 0.25) is 0 Å². The van der Waals surface area contributed by atoms with Crippen molar-refractivity contribution in [2.45, 2.75) is 46.0 Å². The highest BCUT2D eigenvalue weighted by atomic mass is 79.9. The lowest BCUT2D eigenvalue weighted by molar-refractivity contribution is 0.0223. The highest BCUT2D eigenvalue weighted by molar-refractivity contribution is 9.10. The Morgan fingerprint density at radius 1 is 1.30 bits per heavy atom. The van der Waals surface area contributed by atoms with Gasteiger partial charge in [0.15, 0.2) is 0 Å². The first kappa shape index (κ1) is 15.8. The number of aliphatic hydroxyl groups is 1. The SMILES string of the molecule is CCOc1ccc(Br)cc1C(O)C1C(C)OC(C)C1C. The molecule has 1 aromatic carbocycles. The van der Waals surface area contributed by atoms with E-state index in [2.05, 4.69) is 29.8 Å². The summed E-state index contributed by atoms with van der Waals surface area (Å²) < 4.78 is 12.4. The van der Waals surface area contributed by atoms with Crippen LogP contribution in [0.2, 0.25) is 0 Å². The summed E-state index contributed by atoms with van der Waals surface area (Å²) in [5, 5.41) is 10.8. The summed E-state index contributed by atoms with van der Waals surface area (Å²) >= 11 is 3.47. The maximum absolute atomic E-state index is 10.8. The van der Waals surface area contributed by atoms with Crippen molar-refractivity contribution in [1.29, 1.82) is 0 Å². The first-order valence-electron chi connectivity index (χ1n) is 7.21. The Morgan fingerprint density at radius 3 is 2.55 bits per heavy atom. The molecule has 0 bridgehead atoms. The Hall–Kier alpha value is -0.580. The van der Waals surface area contributed by atoms with Crippen LogP contribution in [0.3, 0.4) is 0 Å². The molecule has 0 aromatic heterocycles. The lowest BCUT2D eigenvalue weighted by atomic mass is 9.82. The van der Waals surface area contributed by atoms with Crippen molar-refractivity contribution >= 4 is 15.9 Å². The van der Waals surface area contributed by atoms with Gasteiger partial charge >= 0.3 is 0 Å². The minimum absolute atomic E-state index is 0.0449. The summed E-state index contributed by atoms with van der Waals surface area (Å²) in [6.45, 7) is 8.78. The number of benzene rings is 1. The second-order valence-corrected chi connectivity index (χ2v) is 6.46. The number of hydrogen-bond donors (Lipinski definition) is 1. The molecule has 0 spiro atoms. The Kier molecular flexibility index (Phi) is 5.10. The van der Waals surface area contributed by atoms with Crippen LogP contribution in [0, 0.1) is 11.8 Å². The fraction of sp³-hybridized carbons (Fsp3) is 0.625. The molecule has 0 aliphatic carbocycles. The predicted octanol–water partition coefficient (Wildman–Crippen LogP) is 3.94. The van der Waals surface area contributed by atoms with E-state index in [9.17, 15) is 5.11 Å². The van der Waals surface area contributed by atoms with Crippen LogP contribution in [0.15, 0.2) is 22.7 Å². The van der Waals surface area contributed by atoms with E-state index in [0.717, 1.165) is 15.8 Å². The highest BCUT2D eigenvalue weighted by Gasteiger charge is 2.42. The van der Waals surface area contributed by atoms with Crippen LogP contribution in [0.1, 0.15) is 39.4 Å². The van der Waals surface area contributed by atoms with E-state index in [4.69, 9.17) is 9.47 Å². The smallest absolute Gasteiger partial charge is 0.125 e. The van der Waals surface area contributed by atoms with Gasteiger partial charge in [-0.3, -0.25) is 0 Å². The van der Waals surface area contributed by atoms with Crippen LogP contribution in [0.4, 0.5) is 0 Å². The molecule has 0 radical (unpaired) electrons. The van der Waals surface area contributed by atoms with E-state index in [-0.39, 0.29) is 18.1 Å². The minimum Gasteiger partial charge on any atom is -0.493 e. The average molecular weight is 343 g/mol. The fourth-order valence-electron chi connectivity index (χ4n) is 3.08. The van der Waals surface area contributed by atoms with Crippen molar-refractivity contribution in [2.24, 2.45) is 11.8 Å². The molecular formula is C16H23BrO3. The zero-order chi connectivity index (χ0) is 14.9. The average Bonchev–Trinajstić information content (AvgIpc) is 2.65. The van der Waals surface area contributed by atoms with Crippen LogP contribution in [-0.4, -0.2) is 23.9 Å². The van der Waals surface area contributed by atoms with Crippen molar-refractivity contribution in [3.8, 4) is 5.75 Å². The summed E-state index contributed by atoms with van der Waals surface area (Å²) in [7, 11) is 0. The normalized spacial score (nSPS) is 31.3. The predicted molar refractivity (Wildman–Crippen MR) is 82.9 cm³/mol. The molecule has 0 saturated carbocycles. The molecule has 112 valence electrons. The number of aliphatic hydroxyl groups excluding tert-OH is 1. The standard InChI is InChI=1S/C16H23BrO3/c1-5-19-14-7-6-12(17)8-13(14)16(18)15-9(2)10(3)20-11(15)4/h6-11,15-16,18H,5H2,1-4H3. The van der Waals surface area contributed by atoms with E-state index in [1.165, 1.54) is 0 Å². The molecule has 2 rings (SSSR count). The van der Waals surface area contributed by atoms with Gasteiger partial charge < -0.3 is 14.6 Å². The van der Waals surface area contributed by atoms with E-state index in [0.29, 0.717) is 12.5 Å². The van der Waals surface area contributed by atoms with Crippen LogP contribution in [0.25, 0.3) is 0 Å². The van der Waals surface area contributed by atoms with E-state index >= 15 is 0 Å². The summed E-state index contributed by atoms with van der Waals surface area (Å²) in [5.74, 6) is 1.15. The van der Waals surface area contributed by atoms with Crippen LogP contribution in [0.5, 0.6) is 5.75 Å². The van der Waals surface area contributed by atoms with Gasteiger partial charge in [0.1, 0.15) is 5.75 Å². The Bertz CT molecular complexity index is 463. The van der Waals surface area contributed by atoms with E-state index < -0.39 is 6.10 Å². The zero-order valence-electron chi connectivity index (χ0n) is 12.5. The van der Waals surface area contributed by atoms with Crippen molar-refractivity contribution in [2.75, 3.05) is 6.61 Å². The second-order valence-electron chi connectivity index (χ2n) is 5.54. The lowest BCUT2D eigenvalue weighted by Crippen LogP contribution is -2.25. The summed E-state index contributed by atoms with van der Waals surface area (Å²) in [6.07, 6.45) is -0.361. The van der Waals surface area contributed by atoms with Gasteiger partial charge in [-0.25, -0.2) is 0 Å². The van der Waals surface area contributed by atoms with Gasteiger partial charge in [-0.2, -0.15) is 0 Å². The van der Waals surface area contributed by atoms with E-state index in [1.807, 2.05) is 32.0 Å². The molecule has 5 atom stereocenters. The third-order valence-electron chi connectivity index (χ3n) is 4.27. The molecule has 3 nitrogen and oxygen atoms in total. The van der Waals surface area contributed by atoms with Gasteiger partial charge in [0, 0.05) is 16.0 Å². The van der Waals surface area contributed by atoms with Gasteiger partial charge in [-0.1, -0.05) is 22.9 Å². The molecule has 1 aliphatic rings. The molecule has 1 N–H and O–H groups in total. The van der Waals surface area contributed by atoms with Crippen LogP contribution >= 0.6 is 15.9 Å². The van der Waals surface area contributed by atoms with Gasteiger partial charge in [0.25, 0.3) is 0 Å². The first-order valence-corrected chi connectivity index (χ1v) is 8.00. The molecule has 20 heavy (non-hydrogen) atoms. The highest BCUT2D eigenvalue weighted by Crippen LogP contribution is 2.43. The topological polar surface area (TPSA) is 38.7 Å². The number of ether oxygens (including phenoxy) is 2. The van der Waals surface area contributed by atoms with Crippen molar-refractivity contribution in [1.82, 2.24) is 0 Å². The summed E-state index contributed by atoms with van der Waals surface area (Å²) in [4.78, 5) is 0. The summed E-state index contributed by atoms with van der Waals surface area (Å²) in [5.41, 5.74) is 0.836. The zero-order valence-corrected chi connectivity index (χ0v) is 14.1. The molecule has 1 aromatic rings. The van der Waals surface area contributed by atoms with Crippen molar-refractivity contribution < 1.29 is 14.6 Å².